The van der Waals surface area contributed by atoms with Crippen molar-refractivity contribution in [2.45, 2.75) is 55.2 Å². The Kier molecular flexibility index (Phi) is 6.06. The van der Waals surface area contributed by atoms with Crippen LogP contribution in [0.3, 0.4) is 0 Å². The van der Waals surface area contributed by atoms with Crippen molar-refractivity contribution in [3.63, 3.8) is 0 Å². The van der Waals surface area contributed by atoms with Crippen molar-refractivity contribution >= 4 is 27.7 Å². The molecule has 0 aromatic heterocycles. The van der Waals surface area contributed by atoms with E-state index in [1.54, 1.807) is 0 Å². The predicted molar refractivity (Wildman–Crippen MR) is 84.3 cm³/mol. The van der Waals surface area contributed by atoms with Crippen LogP contribution in [0.5, 0.6) is 0 Å². The third-order valence-corrected chi connectivity index (χ3v) is 5.40. The molecule has 0 amide bonds. The number of thioether (sulfide) groups is 1. The van der Waals surface area contributed by atoms with Crippen LogP contribution < -0.4 is 5.32 Å². The van der Waals surface area contributed by atoms with Crippen molar-refractivity contribution in [1.29, 1.82) is 0 Å². The van der Waals surface area contributed by atoms with Gasteiger partial charge in [-0.15, -0.1) is 11.8 Å². The molecule has 0 bridgehead atoms. The molecule has 0 heterocycles. The lowest BCUT2D eigenvalue weighted by Gasteiger charge is -2.32. The van der Waals surface area contributed by atoms with Crippen molar-refractivity contribution in [3.05, 3.63) is 28.7 Å². The average molecular weight is 328 g/mol. The van der Waals surface area contributed by atoms with Crippen LogP contribution in [-0.4, -0.2) is 17.8 Å². The van der Waals surface area contributed by atoms with Gasteiger partial charge in [-0.05, 0) is 50.1 Å². The lowest BCUT2D eigenvalue weighted by molar-refractivity contribution is 0.384. The SMILES string of the molecule is CCCNC1CCCCC1Sc1ccc(Br)cc1. The van der Waals surface area contributed by atoms with Crippen LogP contribution >= 0.6 is 27.7 Å². The van der Waals surface area contributed by atoms with Crippen molar-refractivity contribution in [2.75, 3.05) is 6.54 Å². The van der Waals surface area contributed by atoms with Crippen molar-refractivity contribution in [3.8, 4) is 0 Å². The molecule has 0 radical (unpaired) electrons. The molecule has 0 spiro atoms. The summed E-state index contributed by atoms with van der Waals surface area (Å²) in [4.78, 5) is 1.40. The van der Waals surface area contributed by atoms with Gasteiger partial charge < -0.3 is 5.32 Å². The Morgan fingerprint density at radius 1 is 1.22 bits per heavy atom. The molecule has 3 heteroatoms. The highest BCUT2D eigenvalue weighted by molar-refractivity contribution is 9.10. The van der Waals surface area contributed by atoms with Gasteiger partial charge in [-0.2, -0.15) is 0 Å². The number of benzene rings is 1. The topological polar surface area (TPSA) is 12.0 Å². The minimum Gasteiger partial charge on any atom is -0.313 e. The Balaban J connectivity index is 1.94. The predicted octanol–water partition coefficient (Wildman–Crippen LogP) is 4.85. The average Bonchev–Trinajstić information content (AvgIpc) is 2.40. The third-order valence-electron chi connectivity index (χ3n) is 3.46. The summed E-state index contributed by atoms with van der Waals surface area (Å²) in [6.07, 6.45) is 6.69. The molecule has 1 aromatic carbocycles. The van der Waals surface area contributed by atoms with E-state index in [1.807, 2.05) is 11.8 Å². The zero-order valence-corrected chi connectivity index (χ0v) is 13.4. The highest BCUT2D eigenvalue weighted by atomic mass is 79.9. The fraction of sp³-hybridized carbons (Fsp3) is 0.600. The largest absolute Gasteiger partial charge is 0.313 e. The summed E-state index contributed by atoms with van der Waals surface area (Å²) in [5, 5.41) is 4.46. The van der Waals surface area contributed by atoms with Crippen LogP contribution in [0, 0.1) is 0 Å². The first-order valence-electron chi connectivity index (χ1n) is 6.95. The quantitative estimate of drug-likeness (QED) is 0.829. The van der Waals surface area contributed by atoms with Crippen LogP contribution in [0.4, 0.5) is 0 Å². The van der Waals surface area contributed by atoms with Gasteiger partial charge in [0.25, 0.3) is 0 Å². The fourth-order valence-electron chi connectivity index (χ4n) is 2.49. The molecule has 2 unspecified atom stereocenters. The third kappa shape index (κ3) is 4.29. The Labute approximate surface area is 123 Å². The molecule has 1 N–H and O–H groups in total. The molecule has 18 heavy (non-hydrogen) atoms. The van der Waals surface area contributed by atoms with E-state index in [0.717, 1.165) is 16.3 Å². The minimum absolute atomic E-state index is 0.701. The van der Waals surface area contributed by atoms with E-state index in [0.29, 0.717) is 6.04 Å². The van der Waals surface area contributed by atoms with Crippen LogP contribution in [0.2, 0.25) is 0 Å². The van der Waals surface area contributed by atoms with Gasteiger partial charge in [0.1, 0.15) is 0 Å². The Morgan fingerprint density at radius 3 is 2.67 bits per heavy atom. The maximum atomic E-state index is 3.72. The van der Waals surface area contributed by atoms with E-state index < -0.39 is 0 Å². The van der Waals surface area contributed by atoms with Gasteiger partial charge in [0.05, 0.1) is 0 Å². The summed E-state index contributed by atoms with van der Waals surface area (Å²) >= 11 is 5.54. The molecule has 0 saturated heterocycles. The molecule has 2 rings (SSSR count). The van der Waals surface area contributed by atoms with E-state index in [1.165, 1.54) is 37.0 Å². The number of hydrogen-bond donors (Lipinski definition) is 1. The molecule has 100 valence electrons. The number of nitrogens with one attached hydrogen (secondary N) is 1. The van der Waals surface area contributed by atoms with Crippen LogP contribution in [0.15, 0.2) is 33.6 Å². The monoisotopic (exact) mass is 327 g/mol. The summed E-state index contributed by atoms with van der Waals surface area (Å²) in [6, 6.07) is 9.42. The molecule has 1 nitrogen and oxygen atoms in total. The lowest BCUT2D eigenvalue weighted by atomic mass is 9.95. The fourth-order valence-corrected chi connectivity index (χ4v) is 4.08. The molecule has 1 aliphatic carbocycles. The van der Waals surface area contributed by atoms with E-state index in [2.05, 4.69) is 52.4 Å². The number of rotatable bonds is 5. The van der Waals surface area contributed by atoms with E-state index in [4.69, 9.17) is 0 Å². The molecule has 1 fully saturated rings. The first-order valence-corrected chi connectivity index (χ1v) is 8.62. The second-order valence-electron chi connectivity index (χ2n) is 4.96. The Hall–Kier alpha value is 0.01000. The summed E-state index contributed by atoms with van der Waals surface area (Å²) in [5.74, 6) is 0. The zero-order valence-electron chi connectivity index (χ0n) is 11.0. The molecule has 2 atom stereocenters. The zero-order chi connectivity index (χ0) is 12.8. The molecule has 1 aromatic rings. The van der Waals surface area contributed by atoms with Crippen molar-refractivity contribution in [1.82, 2.24) is 5.32 Å². The molecular formula is C15H22BrNS. The summed E-state index contributed by atoms with van der Waals surface area (Å²) in [5.41, 5.74) is 0. The van der Waals surface area contributed by atoms with Gasteiger partial charge in [0, 0.05) is 20.7 Å². The van der Waals surface area contributed by atoms with Gasteiger partial charge in [-0.25, -0.2) is 0 Å². The molecule has 1 aliphatic rings. The first-order chi connectivity index (χ1) is 8.79. The smallest absolute Gasteiger partial charge is 0.0248 e. The minimum atomic E-state index is 0.701. The van der Waals surface area contributed by atoms with Gasteiger partial charge >= 0.3 is 0 Å². The van der Waals surface area contributed by atoms with Crippen LogP contribution in [0.1, 0.15) is 39.0 Å². The molecular weight excluding hydrogens is 306 g/mol. The highest BCUT2D eigenvalue weighted by Gasteiger charge is 2.25. The van der Waals surface area contributed by atoms with Crippen LogP contribution in [-0.2, 0) is 0 Å². The van der Waals surface area contributed by atoms with Gasteiger partial charge in [0.15, 0.2) is 0 Å². The summed E-state index contributed by atoms with van der Waals surface area (Å²) in [7, 11) is 0. The molecule has 0 aliphatic heterocycles. The maximum Gasteiger partial charge on any atom is 0.0248 e. The lowest BCUT2D eigenvalue weighted by Crippen LogP contribution is -2.40. The van der Waals surface area contributed by atoms with Crippen molar-refractivity contribution < 1.29 is 0 Å². The second kappa shape index (κ2) is 7.56. The highest BCUT2D eigenvalue weighted by Crippen LogP contribution is 2.34. The first kappa shape index (κ1) is 14.4. The van der Waals surface area contributed by atoms with E-state index in [-0.39, 0.29) is 0 Å². The molecule has 1 saturated carbocycles. The standard InChI is InChI=1S/C15H22BrNS/c1-2-11-17-14-5-3-4-6-15(14)18-13-9-7-12(16)8-10-13/h7-10,14-15,17H,2-6,11H2,1H3. The number of halogens is 1. The normalized spacial score (nSPS) is 24.1. The summed E-state index contributed by atoms with van der Waals surface area (Å²) < 4.78 is 1.16. The van der Waals surface area contributed by atoms with Crippen molar-refractivity contribution in [2.24, 2.45) is 0 Å². The van der Waals surface area contributed by atoms with E-state index >= 15 is 0 Å². The Bertz CT molecular complexity index is 352. The van der Waals surface area contributed by atoms with Gasteiger partial charge in [-0.3, -0.25) is 0 Å². The summed E-state index contributed by atoms with van der Waals surface area (Å²) in [6.45, 7) is 3.40. The maximum absolute atomic E-state index is 3.72. The van der Waals surface area contributed by atoms with Crippen LogP contribution in [0.25, 0.3) is 0 Å². The van der Waals surface area contributed by atoms with Gasteiger partial charge in [0.2, 0.25) is 0 Å². The van der Waals surface area contributed by atoms with E-state index in [9.17, 15) is 0 Å². The number of hydrogen-bond acceptors (Lipinski definition) is 2. The van der Waals surface area contributed by atoms with Gasteiger partial charge in [-0.1, -0.05) is 35.7 Å². The Morgan fingerprint density at radius 2 is 1.94 bits per heavy atom. The second-order valence-corrected chi connectivity index (χ2v) is 7.18.